The summed E-state index contributed by atoms with van der Waals surface area (Å²) in [6, 6.07) is 0. The van der Waals surface area contributed by atoms with Gasteiger partial charge < -0.3 is 9.47 Å². The first kappa shape index (κ1) is 17.1. The van der Waals surface area contributed by atoms with E-state index in [2.05, 4.69) is 57.9 Å². The van der Waals surface area contributed by atoms with Gasteiger partial charge in [-0.2, -0.15) is 0 Å². The van der Waals surface area contributed by atoms with Gasteiger partial charge in [0.05, 0.1) is 12.2 Å². The van der Waals surface area contributed by atoms with Gasteiger partial charge in [0.15, 0.2) is 6.29 Å². The molecule has 0 unspecified atom stereocenters. The monoisotopic (exact) mass is 300 g/mol. The fourth-order valence-electron chi connectivity index (χ4n) is 3.27. The molecule has 2 bridgehead atoms. The van der Waals surface area contributed by atoms with Crippen molar-refractivity contribution in [1.29, 1.82) is 0 Å². The smallest absolute Gasteiger partial charge is 0.167 e. The number of fused-ring (bicyclic) bond motifs is 2. The van der Waals surface area contributed by atoms with Crippen molar-refractivity contribution in [2.75, 3.05) is 0 Å². The predicted molar refractivity (Wildman–Crippen MR) is 91.2 cm³/mol. The summed E-state index contributed by atoms with van der Waals surface area (Å²) in [6.07, 6.45) is 7.61. The predicted octanol–water partition coefficient (Wildman–Crippen LogP) is 4.63. The van der Waals surface area contributed by atoms with E-state index in [9.17, 15) is 0 Å². The number of rotatable bonds is 5. The summed E-state index contributed by atoms with van der Waals surface area (Å²) < 4.78 is 12.2. The second kappa shape index (κ2) is 6.86. The highest BCUT2D eigenvalue weighted by Crippen LogP contribution is 2.51. The molecule has 0 saturated carbocycles. The molecule has 2 heteroatoms. The Balaban J connectivity index is 2.11. The van der Waals surface area contributed by atoms with Crippen LogP contribution in [0.4, 0.5) is 0 Å². The normalized spacial score (nSPS) is 32.7. The summed E-state index contributed by atoms with van der Waals surface area (Å²) in [4.78, 5) is 0. The fraction of sp³-hybridized carbons (Fsp3) is 0.600. The van der Waals surface area contributed by atoms with Gasteiger partial charge in [-0.25, -0.2) is 0 Å². The molecule has 0 aromatic rings. The number of allylic oxidation sites excluding steroid dienone is 2. The van der Waals surface area contributed by atoms with E-state index >= 15 is 0 Å². The Bertz CT molecular complexity index is 532. The van der Waals surface area contributed by atoms with E-state index in [0.717, 1.165) is 30.4 Å². The highest BCUT2D eigenvalue weighted by Gasteiger charge is 2.50. The average Bonchev–Trinajstić information content (AvgIpc) is 2.43. The highest BCUT2D eigenvalue weighted by atomic mass is 16.7. The van der Waals surface area contributed by atoms with Gasteiger partial charge in [-0.05, 0) is 57.1 Å². The second-order valence-electron chi connectivity index (χ2n) is 6.93. The summed E-state index contributed by atoms with van der Waals surface area (Å²) in [5.41, 5.74) is 1.76. The SMILES string of the molecule is C=C(C)C#CC(=C)CC[C@]12C=C[C@H](C[C@@H]1C)O[C@H]2OC(C)C. The molecule has 0 spiro atoms. The Morgan fingerprint density at radius 2 is 2.14 bits per heavy atom. The molecule has 0 aromatic carbocycles. The van der Waals surface area contributed by atoms with Gasteiger partial charge in [-0.3, -0.25) is 0 Å². The average molecular weight is 300 g/mol. The zero-order valence-electron chi connectivity index (χ0n) is 14.3. The first-order chi connectivity index (χ1) is 10.3. The summed E-state index contributed by atoms with van der Waals surface area (Å²) in [5, 5.41) is 0. The van der Waals surface area contributed by atoms with Gasteiger partial charge in [0.1, 0.15) is 0 Å². The minimum atomic E-state index is -0.159. The molecule has 1 saturated heterocycles. The summed E-state index contributed by atoms with van der Waals surface area (Å²) in [7, 11) is 0. The molecule has 120 valence electrons. The zero-order chi connectivity index (χ0) is 16.3. The van der Waals surface area contributed by atoms with Crippen LogP contribution in [0.15, 0.2) is 36.5 Å². The Kier molecular flexibility index (Phi) is 5.32. The summed E-state index contributed by atoms with van der Waals surface area (Å²) >= 11 is 0. The van der Waals surface area contributed by atoms with Crippen molar-refractivity contribution in [3.63, 3.8) is 0 Å². The first-order valence-electron chi connectivity index (χ1n) is 8.19. The lowest BCUT2D eigenvalue weighted by Crippen LogP contribution is -2.53. The molecule has 0 radical (unpaired) electrons. The van der Waals surface area contributed by atoms with Crippen molar-refractivity contribution in [3.8, 4) is 11.8 Å². The molecular weight excluding hydrogens is 272 g/mol. The minimum absolute atomic E-state index is 0.0626. The van der Waals surface area contributed by atoms with Crippen LogP contribution in [0.1, 0.15) is 47.0 Å². The number of hydrogen-bond acceptors (Lipinski definition) is 2. The van der Waals surface area contributed by atoms with E-state index in [0.29, 0.717) is 5.92 Å². The van der Waals surface area contributed by atoms with Crippen LogP contribution < -0.4 is 0 Å². The number of ether oxygens (including phenoxy) is 2. The highest BCUT2D eigenvalue weighted by molar-refractivity contribution is 5.34. The van der Waals surface area contributed by atoms with Crippen LogP contribution >= 0.6 is 0 Å². The molecule has 3 aliphatic rings. The molecule has 1 aliphatic carbocycles. The molecule has 4 atom stereocenters. The summed E-state index contributed by atoms with van der Waals surface area (Å²) in [6.45, 7) is 16.2. The first-order valence-corrected chi connectivity index (χ1v) is 8.19. The Labute approximate surface area is 135 Å². The van der Waals surface area contributed by atoms with Crippen molar-refractivity contribution in [1.82, 2.24) is 0 Å². The van der Waals surface area contributed by atoms with Gasteiger partial charge in [-0.1, -0.05) is 44.1 Å². The largest absolute Gasteiger partial charge is 0.349 e. The third-order valence-electron chi connectivity index (χ3n) is 4.57. The molecule has 3 rings (SSSR count). The van der Waals surface area contributed by atoms with E-state index in [4.69, 9.17) is 9.47 Å². The van der Waals surface area contributed by atoms with E-state index < -0.39 is 0 Å². The Morgan fingerprint density at radius 3 is 2.73 bits per heavy atom. The van der Waals surface area contributed by atoms with Gasteiger partial charge in [0, 0.05) is 5.41 Å². The minimum Gasteiger partial charge on any atom is -0.349 e. The maximum absolute atomic E-state index is 6.11. The van der Waals surface area contributed by atoms with Crippen LogP contribution in [-0.2, 0) is 9.47 Å². The lowest BCUT2D eigenvalue weighted by atomic mass is 9.64. The fourth-order valence-corrected chi connectivity index (χ4v) is 3.27. The van der Waals surface area contributed by atoms with Crippen molar-refractivity contribution in [3.05, 3.63) is 36.5 Å². The topological polar surface area (TPSA) is 18.5 Å². The van der Waals surface area contributed by atoms with E-state index in [1.165, 1.54) is 0 Å². The van der Waals surface area contributed by atoms with Crippen molar-refractivity contribution >= 4 is 0 Å². The van der Waals surface area contributed by atoms with Crippen LogP contribution in [0.2, 0.25) is 0 Å². The maximum atomic E-state index is 6.11. The molecule has 22 heavy (non-hydrogen) atoms. The van der Waals surface area contributed by atoms with Gasteiger partial charge >= 0.3 is 0 Å². The van der Waals surface area contributed by atoms with Crippen molar-refractivity contribution in [2.45, 2.75) is 65.5 Å². The molecule has 2 heterocycles. The maximum Gasteiger partial charge on any atom is 0.167 e. The molecule has 1 fully saturated rings. The van der Waals surface area contributed by atoms with Crippen LogP contribution in [0.5, 0.6) is 0 Å². The Morgan fingerprint density at radius 1 is 1.41 bits per heavy atom. The van der Waals surface area contributed by atoms with Crippen molar-refractivity contribution in [2.24, 2.45) is 11.3 Å². The quantitative estimate of drug-likeness (QED) is 0.544. The number of hydrogen-bond donors (Lipinski definition) is 0. The second-order valence-corrected chi connectivity index (χ2v) is 6.93. The van der Waals surface area contributed by atoms with E-state index in [-0.39, 0.29) is 23.9 Å². The van der Waals surface area contributed by atoms with Crippen LogP contribution in [-0.4, -0.2) is 18.5 Å². The third kappa shape index (κ3) is 3.72. The molecule has 0 aromatic heterocycles. The summed E-state index contributed by atoms with van der Waals surface area (Å²) in [5.74, 6) is 6.64. The Hall–Kier alpha value is -1.30. The standard InChI is InChI=1S/C20H28O2/c1-14(2)7-8-16(5)9-11-20-12-10-18(13-17(20)6)22-19(20)21-15(3)4/h10,12,15,17-19H,1,5,9,11,13H2,2-4,6H3/t17-,18+,19+,20-/m0/s1. The van der Waals surface area contributed by atoms with Gasteiger partial charge in [-0.15, -0.1) is 0 Å². The van der Waals surface area contributed by atoms with E-state index in [1.807, 2.05) is 6.92 Å². The van der Waals surface area contributed by atoms with Gasteiger partial charge in [0.25, 0.3) is 0 Å². The molecule has 0 N–H and O–H groups in total. The zero-order valence-corrected chi connectivity index (χ0v) is 14.3. The van der Waals surface area contributed by atoms with Crippen LogP contribution in [0.25, 0.3) is 0 Å². The molecule has 2 aliphatic heterocycles. The molecule has 2 nitrogen and oxygen atoms in total. The van der Waals surface area contributed by atoms with E-state index in [1.54, 1.807) is 0 Å². The van der Waals surface area contributed by atoms with Crippen LogP contribution in [0.3, 0.4) is 0 Å². The molecule has 0 amide bonds. The lowest BCUT2D eigenvalue weighted by molar-refractivity contribution is -0.272. The van der Waals surface area contributed by atoms with Gasteiger partial charge in [0.2, 0.25) is 0 Å². The lowest BCUT2D eigenvalue weighted by Gasteiger charge is -2.52. The van der Waals surface area contributed by atoms with Crippen molar-refractivity contribution < 1.29 is 9.47 Å². The molecular formula is C20H28O2. The van der Waals surface area contributed by atoms with Crippen LogP contribution in [0, 0.1) is 23.2 Å². The third-order valence-corrected chi connectivity index (χ3v) is 4.57.